The number of esters is 1. The number of rotatable bonds is 10. The molecule has 1 rings (SSSR count). The van der Waals surface area contributed by atoms with Gasteiger partial charge in [0.1, 0.15) is 4.91 Å². The maximum Gasteiger partial charge on any atom is 0.346 e. The quantitative estimate of drug-likeness (QED) is 0.255. The zero-order chi connectivity index (χ0) is 18.9. The molecule has 0 spiro atoms. The number of anilines is 2. The van der Waals surface area contributed by atoms with Crippen molar-refractivity contribution in [2.75, 3.05) is 30.9 Å². The van der Waals surface area contributed by atoms with Crippen LogP contribution in [-0.4, -0.2) is 25.8 Å². The summed E-state index contributed by atoms with van der Waals surface area (Å²) < 4.78 is 16.4. The van der Waals surface area contributed by atoms with Crippen LogP contribution in [0.2, 0.25) is 0 Å². The predicted molar refractivity (Wildman–Crippen MR) is 109 cm³/mol. The lowest BCUT2D eigenvalue weighted by Crippen LogP contribution is -2.12. The molecular formula is C16H25N2O4PS2. The van der Waals surface area contributed by atoms with Crippen molar-refractivity contribution in [1.29, 1.82) is 0 Å². The molecule has 0 bridgehead atoms. The molecule has 9 heteroatoms. The van der Waals surface area contributed by atoms with Crippen LogP contribution in [0.25, 0.3) is 0 Å². The third-order valence-electron chi connectivity index (χ3n) is 2.86. The van der Waals surface area contributed by atoms with Crippen molar-refractivity contribution < 1.29 is 18.6 Å². The lowest BCUT2D eigenvalue weighted by Gasteiger charge is -2.22. The summed E-state index contributed by atoms with van der Waals surface area (Å²) in [6.07, 6.45) is 0. The van der Waals surface area contributed by atoms with Gasteiger partial charge in [0.25, 0.3) is 5.69 Å². The maximum absolute atomic E-state index is 12.4. The van der Waals surface area contributed by atoms with Gasteiger partial charge >= 0.3 is 5.97 Å². The fraction of sp³-hybridized carbons (Fsp3) is 0.438. The third-order valence-corrected chi connectivity index (χ3v) is 8.04. The Morgan fingerprint density at radius 3 is 2.32 bits per heavy atom. The number of benzene rings is 1. The van der Waals surface area contributed by atoms with Gasteiger partial charge in [-0.05, 0) is 63.0 Å². The second kappa shape index (κ2) is 10.8. The second-order valence-corrected chi connectivity index (χ2v) is 10.9. The topological polar surface area (TPSA) is 82.8 Å². The molecule has 0 saturated heterocycles. The number of hydrogen-bond acceptors (Lipinski definition) is 8. The van der Waals surface area contributed by atoms with E-state index < -0.39 is 11.7 Å². The highest BCUT2D eigenvalue weighted by Gasteiger charge is 2.28. The van der Waals surface area contributed by atoms with Gasteiger partial charge < -0.3 is 24.8 Å². The molecule has 0 aliphatic heterocycles. The zero-order valence-electron chi connectivity index (χ0n) is 14.9. The molecular weight excluding hydrogens is 379 g/mol. The van der Waals surface area contributed by atoms with Crippen LogP contribution in [0.15, 0.2) is 34.9 Å². The van der Waals surface area contributed by atoms with E-state index in [-0.39, 0.29) is 6.61 Å². The lowest BCUT2D eigenvalue weighted by molar-refractivity contribution is -0.137. The van der Waals surface area contributed by atoms with Crippen molar-refractivity contribution in [3.8, 4) is 0 Å². The van der Waals surface area contributed by atoms with Gasteiger partial charge in [-0.2, -0.15) is 0 Å². The number of nitrogens with one attached hydrogen (secondary N) is 1. The number of carbonyl (C=O) groups excluding carboxylic acids is 1. The first-order valence-electron chi connectivity index (χ1n) is 7.95. The molecule has 0 aromatic heterocycles. The van der Waals surface area contributed by atoms with Crippen molar-refractivity contribution >= 4 is 46.2 Å². The highest BCUT2D eigenvalue weighted by molar-refractivity contribution is 8.69. The molecule has 1 aromatic rings. The lowest BCUT2D eigenvalue weighted by atomic mass is 10.2. The van der Waals surface area contributed by atoms with Crippen molar-refractivity contribution in [2.45, 2.75) is 27.7 Å². The molecule has 0 saturated carbocycles. The van der Waals surface area contributed by atoms with Gasteiger partial charge in [0, 0.05) is 5.70 Å². The SMILES string of the molecule is CCOC(=O)/C(SP(=S)(OCC)OCC)=C(/C)Nc1ccccc1N. The van der Waals surface area contributed by atoms with E-state index in [0.717, 1.165) is 11.4 Å². The molecule has 0 aliphatic rings. The first-order chi connectivity index (χ1) is 11.9. The monoisotopic (exact) mass is 404 g/mol. The predicted octanol–water partition coefficient (Wildman–Crippen LogP) is 4.51. The molecule has 0 amide bonds. The van der Waals surface area contributed by atoms with Gasteiger partial charge in [-0.1, -0.05) is 12.1 Å². The van der Waals surface area contributed by atoms with Crippen molar-refractivity contribution in [3.63, 3.8) is 0 Å². The zero-order valence-corrected chi connectivity index (χ0v) is 17.4. The fourth-order valence-corrected chi connectivity index (χ4v) is 6.76. The van der Waals surface area contributed by atoms with Crippen molar-refractivity contribution in [3.05, 3.63) is 34.9 Å². The van der Waals surface area contributed by atoms with E-state index in [1.165, 1.54) is 0 Å². The summed E-state index contributed by atoms with van der Waals surface area (Å²) in [7, 11) is 0. The smallest absolute Gasteiger partial charge is 0.346 e. The van der Waals surface area contributed by atoms with E-state index in [2.05, 4.69) is 5.32 Å². The first kappa shape index (κ1) is 22.0. The fourth-order valence-electron chi connectivity index (χ4n) is 1.84. The molecule has 0 radical (unpaired) electrons. The summed E-state index contributed by atoms with van der Waals surface area (Å²) in [5, 5.41) is 3.15. The minimum Gasteiger partial charge on any atom is -0.462 e. The van der Waals surface area contributed by atoms with Gasteiger partial charge in [-0.15, -0.1) is 0 Å². The first-order valence-corrected chi connectivity index (χ1v) is 12.0. The van der Waals surface area contributed by atoms with Gasteiger partial charge in [-0.3, -0.25) is 0 Å². The molecule has 0 unspecified atom stereocenters. The minimum atomic E-state index is -2.70. The Bertz CT molecular complexity index is 657. The molecule has 140 valence electrons. The van der Waals surface area contributed by atoms with Gasteiger partial charge in [0.05, 0.1) is 31.2 Å². The number of nitrogens with two attached hydrogens (primary N) is 1. The summed E-state index contributed by atoms with van der Waals surface area (Å²) in [5.74, 6) is -0.472. The van der Waals surface area contributed by atoms with Crippen LogP contribution >= 0.6 is 17.1 Å². The van der Waals surface area contributed by atoms with Crippen molar-refractivity contribution in [2.24, 2.45) is 0 Å². The Morgan fingerprint density at radius 2 is 1.80 bits per heavy atom. The molecule has 3 N–H and O–H groups in total. The summed E-state index contributed by atoms with van der Waals surface area (Å²) in [5.41, 5.74) is 5.10. The van der Waals surface area contributed by atoms with E-state index in [1.807, 2.05) is 32.0 Å². The number of allylic oxidation sites excluding steroid dienone is 1. The largest absolute Gasteiger partial charge is 0.462 e. The van der Waals surface area contributed by atoms with Crippen LogP contribution in [0.1, 0.15) is 27.7 Å². The van der Waals surface area contributed by atoms with E-state index in [9.17, 15) is 4.79 Å². The van der Waals surface area contributed by atoms with E-state index in [4.69, 9.17) is 31.3 Å². The van der Waals surface area contributed by atoms with Gasteiger partial charge in [0.15, 0.2) is 0 Å². The summed E-state index contributed by atoms with van der Waals surface area (Å²) in [4.78, 5) is 12.8. The van der Waals surface area contributed by atoms with Gasteiger partial charge in [0.2, 0.25) is 0 Å². The average Bonchev–Trinajstić information content (AvgIpc) is 2.55. The summed E-state index contributed by atoms with van der Waals surface area (Å²) in [6, 6.07) is 7.30. The number of nitrogen functional groups attached to an aromatic ring is 1. The molecule has 0 aliphatic carbocycles. The number of para-hydroxylation sites is 2. The Hall–Kier alpha value is -1.05. The van der Waals surface area contributed by atoms with E-state index in [0.29, 0.717) is 35.2 Å². The van der Waals surface area contributed by atoms with Crippen LogP contribution in [0.3, 0.4) is 0 Å². The minimum absolute atomic E-state index is 0.260. The summed E-state index contributed by atoms with van der Waals surface area (Å²) >= 11 is 6.63. The second-order valence-electron chi connectivity index (χ2n) is 4.76. The summed E-state index contributed by atoms with van der Waals surface area (Å²) in [6.45, 7) is 8.25. The average molecular weight is 404 g/mol. The highest BCUT2D eigenvalue weighted by Crippen LogP contribution is 2.64. The Kier molecular flexibility index (Phi) is 9.53. The Labute approximate surface area is 158 Å². The van der Waals surface area contributed by atoms with Crippen LogP contribution in [0.5, 0.6) is 0 Å². The highest BCUT2D eigenvalue weighted by atomic mass is 32.9. The number of ether oxygens (including phenoxy) is 1. The van der Waals surface area contributed by atoms with E-state index in [1.54, 1.807) is 19.9 Å². The molecule has 0 heterocycles. The molecule has 0 atom stereocenters. The van der Waals surface area contributed by atoms with Crippen LogP contribution in [0.4, 0.5) is 11.4 Å². The molecule has 25 heavy (non-hydrogen) atoms. The van der Waals surface area contributed by atoms with Crippen LogP contribution < -0.4 is 11.1 Å². The number of hydrogen-bond donors (Lipinski definition) is 2. The van der Waals surface area contributed by atoms with E-state index >= 15 is 0 Å². The standard InChI is InChI=1S/C16H25N2O4PS2/c1-5-20-16(19)15(25-23(24,21-6-2)22-7-3)12(4)18-14-11-9-8-10-13(14)17/h8-11,18H,5-7,17H2,1-4H3/b15-12+. The molecule has 1 aromatic carbocycles. The maximum atomic E-state index is 12.4. The van der Waals surface area contributed by atoms with Crippen LogP contribution in [0, 0.1) is 0 Å². The molecule has 6 nitrogen and oxygen atoms in total. The Morgan fingerprint density at radius 1 is 1.20 bits per heavy atom. The normalized spacial score (nSPS) is 12.5. The van der Waals surface area contributed by atoms with Crippen molar-refractivity contribution in [1.82, 2.24) is 0 Å². The molecule has 0 fully saturated rings. The van der Waals surface area contributed by atoms with Crippen LogP contribution in [-0.2, 0) is 30.4 Å². The Balaban J connectivity index is 3.19. The number of carbonyl (C=O) groups is 1. The van der Waals surface area contributed by atoms with Gasteiger partial charge in [-0.25, -0.2) is 4.79 Å². The third kappa shape index (κ3) is 6.99.